The lowest BCUT2D eigenvalue weighted by molar-refractivity contribution is -0.137. The van der Waals surface area contributed by atoms with Crippen LogP contribution in [0.5, 0.6) is 0 Å². The maximum absolute atomic E-state index is 13.0. The van der Waals surface area contributed by atoms with Crippen LogP contribution in [0.25, 0.3) is 0 Å². The monoisotopic (exact) mass is 240 g/mol. The van der Waals surface area contributed by atoms with Crippen molar-refractivity contribution >= 4 is 5.84 Å². The molecule has 1 aromatic carbocycles. The van der Waals surface area contributed by atoms with Gasteiger partial charge in [-0.05, 0) is 12.1 Å². The van der Waals surface area contributed by atoms with Crippen molar-refractivity contribution in [1.82, 2.24) is 0 Å². The smallest absolute Gasteiger partial charge is 0.409 e. The summed E-state index contributed by atoms with van der Waals surface area (Å²) in [5.74, 6) is -4.28. The van der Waals surface area contributed by atoms with Gasteiger partial charge < -0.3 is 10.9 Å². The van der Waals surface area contributed by atoms with Crippen LogP contribution in [0.3, 0.4) is 0 Å². The maximum Gasteiger partial charge on any atom is 0.416 e. The first-order chi connectivity index (χ1) is 7.27. The second-order valence-corrected chi connectivity index (χ2v) is 2.80. The van der Waals surface area contributed by atoms with Crippen LogP contribution < -0.4 is 5.73 Å². The Bertz CT molecular complexity index is 441. The van der Waals surface area contributed by atoms with E-state index in [-0.39, 0.29) is 12.1 Å². The van der Waals surface area contributed by atoms with Gasteiger partial charge in [0.1, 0.15) is 0 Å². The third kappa shape index (κ3) is 2.20. The van der Waals surface area contributed by atoms with Gasteiger partial charge in [-0.3, -0.25) is 0 Å². The summed E-state index contributed by atoms with van der Waals surface area (Å²) < 4.78 is 62.4. The fourth-order valence-corrected chi connectivity index (χ4v) is 0.993. The van der Waals surface area contributed by atoms with Crippen LogP contribution in [0.4, 0.5) is 22.0 Å². The van der Waals surface area contributed by atoms with Gasteiger partial charge in [-0.1, -0.05) is 5.16 Å². The molecule has 0 aromatic heterocycles. The van der Waals surface area contributed by atoms with Crippen molar-refractivity contribution in [3.8, 4) is 0 Å². The van der Waals surface area contributed by atoms with Crippen molar-refractivity contribution in [2.75, 3.05) is 0 Å². The Morgan fingerprint density at radius 3 is 2.25 bits per heavy atom. The Hall–Kier alpha value is -1.86. The van der Waals surface area contributed by atoms with Gasteiger partial charge in [0.15, 0.2) is 17.5 Å². The standard InChI is InChI=1S/C8H5F5N2O/c9-5-2-3(8(11,12)13)1-4(6(5)10)7(14)15-16/h1-2,16H,(H2,14,15). The van der Waals surface area contributed by atoms with E-state index in [0.29, 0.717) is 0 Å². The Morgan fingerprint density at radius 1 is 1.25 bits per heavy atom. The minimum atomic E-state index is -4.85. The number of nitrogens with two attached hydrogens (primary N) is 1. The molecule has 0 saturated carbocycles. The van der Waals surface area contributed by atoms with Crippen LogP contribution in [0.15, 0.2) is 17.3 Å². The van der Waals surface area contributed by atoms with Crippen LogP contribution >= 0.6 is 0 Å². The minimum Gasteiger partial charge on any atom is -0.409 e. The molecule has 0 radical (unpaired) electrons. The molecule has 0 atom stereocenters. The zero-order valence-electron chi connectivity index (χ0n) is 7.52. The van der Waals surface area contributed by atoms with Gasteiger partial charge in [0.25, 0.3) is 0 Å². The molecule has 0 bridgehead atoms. The number of rotatable bonds is 1. The fourth-order valence-electron chi connectivity index (χ4n) is 0.993. The first-order valence-corrected chi connectivity index (χ1v) is 3.81. The quantitative estimate of drug-likeness (QED) is 0.259. The summed E-state index contributed by atoms with van der Waals surface area (Å²) in [7, 11) is 0. The number of hydrogen-bond donors (Lipinski definition) is 2. The number of oxime groups is 1. The molecule has 1 rings (SSSR count). The molecule has 0 aliphatic rings. The van der Waals surface area contributed by atoms with E-state index in [2.05, 4.69) is 5.16 Å². The molecule has 3 nitrogen and oxygen atoms in total. The molecular weight excluding hydrogens is 235 g/mol. The largest absolute Gasteiger partial charge is 0.416 e. The summed E-state index contributed by atoms with van der Waals surface area (Å²) in [4.78, 5) is 0. The van der Waals surface area contributed by atoms with E-state index < -0.39 is 34.8 Å². The maximum atomic E-state index is 13.0. The SMILES string of the molecule is NC(=NO)c1cc(C(F)(F)F)cc(F)c1F. The molecular formula is C8H5F5N2O. The molecule has 3 N–H and O–H groups in total. The summed E-state index contributed by atoms with van der Waals surface area (Å²) in [6.07, 6.45) is -4.85. The lowest BCUT2D eigenvalue weighted by Crippen LogP contribution is -2.18. The van der Waals surface area contributed by atoms with Gasteiger partial charge in [0, 0.05) is 0 Å². The second kappa shape index (κ2) is 3.95. The Labute approximate surface area is 86.0 Å². The molecule has 0 saturated heterocycles. The molecule has 0 aliphatic heterocycles. The lowest BCUT2D eigenvalue weighted by Gasteiger charge is -2.09. The molecule has 16 heavy (non-hydrogen) atoms. The minimum absolute atomic E-state index is 0.0104. The van der Waals surface area contributed by atoms with E-state index in [4.69, 9.17) is 10.9 Å². The van der Waals surface area contributed by atoms with E-state index in [1.165, 1.54) is 0 Å². The lowest BCUT2D eigenvalue weighted by atomic mass is 10.1. The molecule has 0 amide bonds. The number of alkyl halides is 3. The van der Waals surface area contributed by atoms with Crippen LogP contribution in [0.2, 0.25) is 0 Å². The highest BCUT2D eigenvalue weighted by Crippen LogP contribution is 2.31. The summed E-state index contributed by atoms with van der Waals surface area (Å²) in [6, 6.07) is 0.247. The Kier molecular flexibility index (Phi) is 3.02. The first kappa shape index (κ1) is 12.2. The van der Waals surface area contributed by atoms with Crippen LogP contribution in [-0.2, 0) is 6.18 Å². The van der Waals surface area contributed by atoms with Gasteiger partial charge in [-0.15, -0.1) is 0 Å². The van der Waals surface area contributed by atoms with Crippen LogP contribution in [-0.4, -0.2) is 11.0 Å². The van der Waals surface area contributed by atoms with Gasteiger partial charge >= 0.3 is 6.18 Å². The zero-order valence-corrected chi connectivity index (χ0v) is 7.52. The molecule has 88 valence electrons. The van der Waals surface area contributed by atoms with Gasteiger partial charge in [0.2, 0.25) is 0 Å². The summed E-state index contributed by atoms with van der Waals surface area (Å²) in [5.41, 5.74) is 2.53. The van der Waals surface area contributed by atoms with E-state index in [1.54, 1.807) is 0 Å². The molecule has 1 aromatic rings. The number of halogens is 5. The summed E-state index contributed by atoms with van der Waals surface area (Å²) >= 11 is 0. The number of amidine groups is 1. The average molecular weight is 240 g/mol. The van der Waals surface area contributed by atoms with Crippen molar-refractivity contribution in [2.24, 2.45) is 10.9 Å². The van der Waals surface area contributed by atoms with Gasteiger partial charge in [-0.2, -0.15) is 13.2 Å². The topological polar surface area (TPSA) is 58.6 Å². The normalized spacial score (nSPS) is 12.9. The van der Waals surface area contributed by atoms with Crippen LogP contribution in [0.1, 0.15) is 11.1 Å². The van der Waals surface area contributed by atoms with E-state index >= 15 is 0 Å². The van der Waals surface area contributed by atoms with Crippen LogP contribution in [0, 0.1) is 11.6 Å². The highest BCUT2D eigenvalue weighted by Gasteiger charge is 2.33. The predicted molar refractivity (Wildman–Crippen MR) is 43.9 cm³/mol. The molecule has 0 spiro atoms. The highest BCUT2D eigenvalue weighted by molar-refractivity contribution is 5.97. The third-order valence-corrected chi connectivity index (χ3v) is 1.74. The molecule has 8 heteroatoms. The van der Waals surface area contributed by atoms with Crippen molar-refractivity contribution in [3.63, 3.8) is 0 Å². The summed E-state index contributed by atoms with van der Waals surface area (Å²) in [6.45, 7) is 0. The average Bonchev–Trinajstić information content (AvgIpc) is 2.19. The van der Waals surface area contributed by atoms with Crippen molar-refractivity contribution in [1.29, 1.82) is 0 Å². The van der Waals surface area contributed by atoms with Gasteiger partial charge in [0.05, 0.1) is 11.1 Å². The molecule has 0 unspecified atom stereocenters. The van der Waals surface area contributed by atoms with E-state index in [9.17, 15) is 22.0 Å². The second-order valence-electron chi connectivity index (χ2n) is 2.80. The molecule has 0 heterocycles. The Balaban J connectivity index is 3.45. The zero-order chi connectivity index (χ0) is 12.5. The van der Waals surface area contributed by atoms with E-state index in [0.717, 1.165) is 0 Å². The van der Waals surface area contributed by atoms with E-state index in [1.807, 2.05) is 0 Å². The van der Waals surface area contributed by atoms with Crippen molar-refractivity contribution in [3.05, 3.63) is 34.9 Å². The third-order valence-electron chi connectivity index (χ3n) is 1.74. The predicted octanol–water partition coefficient (Wildman–Crippen LogP) is 2.08. The first-order valence-electron chi connectivity index (χ1n) is 3.81. The summed E-state index contributed by atoms with van der Waals surface area (Å²) in [5, 5.41) is 10.5. The highest BCUT2D eigenvalue weighted by atomic mass is 19.4. The number of benzene rings is 1. The number of nitrogens with zero attached hydrogens (tertiary/aromatic N) is 1. The molecule has 0 aliphatic carbocycles. The Morgan fingerprint density at radius 2 is 1.81 bits per heavy atom. The molecule has 0 fully saturated rings. The number of hydrogen-bond acceptors (Lipinski definition) is 2. The van der Waals surface area contributed by atoms with Crippen molar-refractivity contribution in [2.45, 2.75) is 6.18 Å². The van der Waals surface area contributed by atoms with Gasteiger partial charge in [-0.25, -0.2) is 8.78 Å². The van der Waals surface area contributed by atoms with Crippen molar-refractivity contribution < 1.29 is 27.2 Å². The fraction of sp³-hybridized carbons (Fsp3) is 0.125.